The van der Waals surface area contributed by atoms with Crippen LogP contribution >= 0.6 is 15.9 Å². The molecule has 0 radical (unpaired) electrons. The molecular weight excluding hydrogens is 329 g/mol. The molecule has 0 spiro atoms. The minimum atomic E-state index is -0.183. The molecule has 0 saturated heterocycles. The number of nitrogens with one attached hydrogen (secondary N) is 1. The van der Waals surface area contributed by atoms with Crippen LogP contribution in [0.3, 0.4) is 0 Å². The quantitative estimate of drug-likeness (QED) is 0.663. The van der Waals surface area contributed by atoms with Crippen molar-refractivity contribution in [3.8, 4) is 0 Å². The van der Waals surface area contributed by atoms with Crippen molar-refractivity contribution in [1.82, 2.24) is 0 Å². The molecule has 1 atom stereocenters. The molecule has 1 nitrogen and oxygen atoms in total. The highest BCUT2D eigenvalue weighted by Crippen LogP contribution is 2.25. The zero-order valence-electron chi connectivity index (χ0n) is 12.5. The van der Waals surface area contributed by atoms with Crippen molar-refractivity contribution in [2.75, 3.05) is 5.32 Å². The molecule has 1 N–H and O–H groups in total. The lowest BCUT2D eigenvalue weighted by atomic mass is 10.1. The number of aryl methyl sites for hydroxylation is 1. The average molecular weight is 350 g/mol. The summed E-state index contributed by atoms with van der Waals surface area (Å²) in [6.07, 6.45) is 3.54. The topological polar surface area (TPSA) is 12.0 Å². The fraction of sp³-hybridized carbons (Fsp3) is 0.333. The van der Waals surface area contributed by atoms with Crippen molar-refractivity contribution < 1.29 is 4.39 Å². The van der Waals surface area contributed by atoms with E-state index in [1.165, 1.54) is 24.5 Å². The molecule has 0 aliphatic heterocycles. The van der Waals surface area contributed by atoms with Crippen LogP contribution in [0, 0.1) is 5.82 Å². The van der Waals surface area contributed by atoms with Gasteiger partial charge in [-0.1, -0.05) is 41.4 Å². The van der Waals surface area contributed by atoms with Gasteiger partial charge in [0.05, 0.1) is 6.04 Å². The smallest absolute Gasteiger partial charge is 0.128 e. The number of rotatable bonds is 6. The summed E-state index contributed by atoms with van der Waals surface area (Å²) < 4.78 is 14.8. The standard InChI is InChI=1S/C18H21BrFN/c1-3-4-5-14-6-9-16(10-7-14)21-13(2)17-12-15(19)8-11-18(17)20/h6-13,21H,3-5H2,1-2H3. The predicted molar refractivity (Wildman–Crippen MR) is 91.2 cm³/mol. The van der Waals surface area contributed by atoms with Crippen LogP contribution in [-0.2, 0) is 6.42 Å². The second kappa shape index (κ2) is 7.60. The third-order valence-electron chi connectivity index (χ3n) is 3.58. The number of unbranched alkanes of at least 4 members (excludes halogenated alkanes) is 1. The molecule has 2 aromatic carbocycles. The SMILES string of the molecule is CCCCc1ccc(NC(C)c2cc(Br)ccc2F)cc1. The molecule has 21 heavy (non-hydrogen) atoms. The van der Waals surface area contributed by atoms with Gasteiger partial charge in [0.25, 0.3) is 0 Å². The summed E-state index contributed by atoms with van der Waals surface area (Å²) in [5.74, 6) is -0.183. The molecule has 1 unspecified atom stereocenters. The first kappa shape index (κ1) is 16.0. The van der Waals surface area contributed by atoms with E-state index in [2.05, 4.69) is 52.4 Å². The molecular formula is C18H21BrFN. The van der Waals surface area contributed by atoms with Gasteiger partial charge in [0.2, 0.25) is 0 Å². The number of hydrogen-bond donors (Lipinski definition) is 1. The first-order valence-electron chi connectivity index (χ1n) is 7.40. The van der Waals surface area contributed by atoms with Crippen molar-refractivity contribution >= 4 is 21.6 Å². The third-order valence-corrected chi connectivity index (χ3v) is 4.07. The van der Waals surface area contributed by atoms with Gasteiger partial charge in [-0.15, -0.1) is 0 Å². The molecule has 0 aliphatic carbocycles. The maximum Gasteiger partial charge on any atom is 0.128 e. The fourth-order valence-corrected chi connectivity index (χ4v) is 2.70. The zero-order chi connectivity index (χ0) is 15.2. The molecule has 3 heteroatoms. The lowest BCUT2D eigenvalue weighted by Gasteiger charge is -2.17. The third kappa shape index (κ3) is 4.57. The molecule has 0 fully saturated rings. The maximum atomic E-state index is 13.9. The Labute approximate surface area is 134 Å². The van der Waals surface area contributed by atoms with E-state index in [-0.39, 0.29) is 11.9 Å². The summed E-state index contributed by atoms with van der Waals surface area (Å²) in [6, 6.07) is 13.4. The van der Waals surface area contributed by atoms with Gasteiger partial charge >= 0.3 is 0 Å². The minimum absolute atomic E-state index is 0.0796. The Morgan fingerprint density at radius 3 is 2.52 bits per heavy atom. The summed E-state index contributed by atoms with van der Waals surface area (Å²) in [6.45, 7) is 4.17. The average Bonchev–Trinajstić information content (AvgIpc) is 2.49. The molecule has 0 aliphatic rings. The first-order chi connectivity index (χ1) is 10.1. The second-order valence-corrected chi connectivity index (χ2v) is 6.25. The lowest BCUT2D eigenvalue weighted by Crippen LogP contribution is -2.08. The predicted octanol–water partition coefficient (Wildman–Crippen LogP) is 6.10. The van der Waals surface area contributed by atoms with Crippen molar-refractivity contribution in [3.05, 3.63) is 63.9 Å². The van der Waals surface area contributed by atoms with Gasteiger partial charge in [-0.05, 0) is 55.7 Å². The van der Waals surface area contributed by atoms with Crippen LogP contribution in [0.15, 0.2) is 46.9 Å². The van der Waals surface area contributed by atoms with E-state index in [1.54, 1.807) is 6.07 Å². The zero-order valence-corrected chi connectivity index (χ0v) is 14.1. The van der Waals surface area contributed by atoms with E-state index < -0.39 is 0 Å². The lowest BCUT2D eigenvalue weighted by molar-refractivity contribution is 0.600. The van der Waals surface area contributed by atoms with E-state index in [9.17, 15) is 4.39 Å². The highest BCUT2D eigenvalue weighted by Gasteiger charge is 2.11. The number of anilines is 1. The van der Waals surface area contributed by atoms with Crippen molar-refractivity contribution in [2.24, 2.45) is 0 Å². The minimum Gasteiger partial charge on any atom is -0.378 e. The van der Waals surface area contributed by atoms with Gasteiger partial charge < -0.3 is 5.32 Å². The van der Waals surface area contributed by atoms with E-state index in [4.69, 9.17) is 0 Å². The highest BCUT2D eigenvalue weighted by atomic mass is 79.9. The molecule has 0 amide bonds. The summed E-state index contributed by atoms with van der Waals surface area (Å²) >= 11 is 3.39. The first-order valence-corrected chi connectivity index (χ1v) is 8.20. The monoisotopic (exact) mass is 349 g/mol. The van der Waals surface area contributed by atoms with Gasteiger partial charge in [-0.25, -0.2) is 4.39 Å². The summed E-state index contributed by atoms with van der Waals surface area (Å²) in [5, 5.41) is 3.35. The van der Waals surface area contributed by atoms with Gasteiger partial charge in [0, 0.05) is 15.7 Å². The molecule has 0 aromatic heterocycles. The summed E-state index contributed by atoms with van der Waals surface area (Å²) in [5.41, 5.74) is 3.03. The Hall–Kier alpha value is -1.35. The van der Waals surface area contributed by atoms with Crippen molar-refractivity contribution in [1.29, 1.82) is 0 Å². The van der Waals surface area contributed by atoms with Crippen LogP contribution in [-0.4, -0.2) is 0 Å². The van der Waals surface area contributed by atoms with Gasteiger partial charge in [-0.3, -0.25) is 0 Å². The van der Waals surface area contributed by atoms with Gasteiger partial charge in [0.1, 0.15) is 5.82 Å². The van der Waals surface area contributed by atoms with Crippen LogP contribution in [0.5, 0.6) is 0 Å². The Morgan fingerprint density at radius 1 is 1.14 bits per heavy atom. The number of hydrogen-bond acceptors (Lipinski definition) is 1. The number of halogens is 2. The Kier molecular flexibility index (Phi) is 5.80. The van der Waals surface area contributed by atoms with Crippen LogP contribution in [0.2, 0.25) is 0 Å². The molecule has 0 heterocycles. The van der Waals surface area contributed by atoms with Gasteiger partial charge in [0.15, 0.2) is 0 Å². The molecule has 2 rings (SSSR count). The Balaban J connectivity index is 2.05. The number of benzene rings is 2. The van der Waals surface area contributed by atoms with E-state index >= 15 is 0 Å². The molecule has 0 bridgehead atoms. The molecule has 2 aromatic rings. The Bertz CT molecular complexity index is 580. The fourth-order valence-electron chi connectivity index (χ4n) is 2.32. The van der Waals surface area contributed by atoms with Crippen LogP contribution in [0.1, 0.15) is 43.9 Å². The summed E-state index contributed by atoms with van der Waals surface area (Å²) in [7, 11) is 0. The summed E-state index contributed by atoms with van der Waals surface area (Å²) in [4.78, 5) is 0. The molecule has 0 saturated carbocycles. The Morgan fingerprint density at radius 2 is 1.86 bits per heavy atom. The highest BCUT2D eigenvalue weighted by molar-refractivity contribution is 9.10. The van der Waals surface area contributed by atoms with Crippen LogP contribution in [0.4, 0.5) is 10.1 Å². The second-order valence-electron chi connectivity index (χ2n) is 5.33. The largest absolute Gasteiger partial charge is 0.378 e. The van der Waals surface area contributed by atoms with Gasteiger partial charge in [-0.2, -0.15) is 0 Å². The normalized spacial score (nSPS) is 12.2. The molecule has 112 valence electrons. The van der Waals surface area contributed by atoms with Crippen molar-refractivity contribution in [2.45, 2.75) is 39.2 Å². The van der Waals surface area contributed by atoms with Crippen molar-refractivity contribution in [3.63, 3.8) is 0 Å². The van der Waals surface area contributed by atoms with E-state index in [1.807, 2.05) is 13.0 Å². The van der Waals surface area contributed by atoms with E-state index in [0.29, 0.717) is 5.56 Å². The van der Waals surface area contributed by atoms with Crippen LogP contribution in [0.25, 0.3) is 0 Å². The van der Waals surface area contributed by atoms with Crippen LogP contribution < -0.4 is 5.32 Å². The maximum absolute atomic E-state index is 13.9. The van der Waals surface area contributed by atoms with E-state index in [0.717, 1.165) is 16.6 Å².